The van der Waals surface area contributed by atoms with Crippen LogP contribution >= 0.6 is 0 Å². The molecule has 0 fully saturated rings. The van der Waals surface area contributed by atoms with Crippen LogP contribution in [0.15, 0.2) is 65.5 Å². The molecule has 1 aliphatic rings. The maximum atomic E-state index is 6.07. The first-order valence-electron chi connectivity index (χ1n) is 9.57. The Morgan fingerprint density at radius 3 is 2.68 bits per heavy atom. The largest absolute Gasteiger partial charge is 0.438 e. The van der Waals surface area contributed by atoms with E-state index in [-0.39, 0.29) is 5.54 Å². The van der Waals surface area contributed by atoms with Crippen molar-refractivity contribution >= 4 is 27.9 Å². The lowest BCUT2D eigenvalue weighted by Gasteiger charge is -2.37. The lowest BCUT2D eigenvalue weighted by atomic mass is 9.89. The minimum atomic E-state index is -0.211. The second kappa shape index (κ2) is 5.89. The molecule has 0 aliphatic carbocycles. The number of pyridine rings is 1. The first-order chi connectivity index (χ1) is 13.4. The molecule has 1 aromatic carbocycles. The topological polar surface area (TPSA) is 37.4 Å². The van der Waals surface area contributed by atoms with Crippen LogP contribution in [0.25, 0.3) is 22.1 Å². The van der Waals surface area contributed by atoms with Crippen molar-refractivity contribution in [3.8, 4) is 0 Å². The highest BCUT2D eigenvalue weighted by Crippen LogP contribution is 2.39. The number of aryl methyl sites for hydroxylation is 2. The van der Waals surface area contributed by atoms with Crippen LogP contribution in [0.5, 0.6) is 0 Å². The minimum Gasteiger partial charge on any atom is -0.438 e. The molecule has 4 aromatic rings. The van der Waals surface area contributed by atoms with Crippen LogP contribution < -0.4 is 4.90 Å². The highest BCUT2D eigenvalue weighted by Gasteiger charge is 2.33. The van der Waals surface area contributed by atoms with E-state index in [0.29, 0.717) is 5.71 Å². The fraction of sp³-hybridized carbons (Fsp3) is 0.261. The summed E-state index contributed by atoms with van der Waals surface area (Å²) in [6.45, 7) is 7.32. The van der Waals surface area contributed by atoms with E-state index >= 15 is 0 Å². The van der Waals surface area contributed by atoms with Crippen LogP contribution in [0.3, 0.4) is 0 Å². The van der Waals surface area contributed by atoms with E-state index in [9.17, 15) is 0 Å². The highest BCUT2D eigenvalue weighted by molar-refractivity contribution is 6.05. The Balaban J connectivity index is 1.58. The van der Waals surface area contributed by atoms with Gasteiger partial charge in [0.05, 0.1) is 12.2 Å². The molecule has 4 heterocycles. The highest BCUT2D eigenvalue weighted by atomic mass is 16.3. The normalized spacial score (nSPS) is 14.7. The van der Waals surface area contributed by atoms with E-state index in [2.05, 4.69) is 89.2 Å². The first-order valence-corrected chi connectivity index (χ1v) is 9.57. The molecule has 0 saturated carbocycles. The molecule has 0 N–H and O–H groups in total. The standard InChI is InChI=1S/C23H24N4O/c1-16-10-11-17-21-18(7-5-8-19(21)28-22(17)24-16)23(2,3)27-14-13-26(15-27)20-9-6-12-25(20)4/h5-14H,15H2,1-4H3. The molecular formula is C23H24N4O. The third-order valence-electron chi connectivity index (χ3n) is 5.82. The Bertz CT molecular complexity index is 1210. The maximum absolute atomic E-state index is 6.07. The average Bonchev–Trinajstić information content (AvgIpc) is 3.38. The molecular weight excluding hydrogens is 348 g/mol. The number of fused-ring (bicyclic) bond motifs is 3. The van der Waals surface area contributed by atoms with Gasteiger partial charge in [0.2, 0.25) is 5.71 Å². The summed E-state index contributed by atoms with van der Waals surface area (Å²) in [4.78, 5) is 9.22. The first kappa shape index (κ1) is 16.9. The van der Waals surface area contributed by atoms with E-state index in [1.807, 2.05) is 19.1 Å². The summed E-state index contributed by atoms with van der Waals surface area (Å²) in [6, 6.07) is 14.7. The average molecular weight is 372 g/mol. The zero-order valence-corrected chi connectivity index (χ0v) is 16.7. The Labute approximate surface area is 164 Å². The van der Waals surface area contributed by atoms with E-state index < -0.39 is 0 Å². The zero-order chi connectivity index (χ0) is 19.5. The van der Waals surface area contributed by atoms with Crippen LogP contribution in [0.1, 0.15) is 25.1 Å². The van der Waals surface area contributed by atoms with E-state index in [1.54, 1.807) is 0 Å². The van der Waals surface area contributed by atoms with Crippen molar-refractivity contribution in [1.29, 1.82) is 0 Å². The molecule has 0 amide bonds. The van der Waals surface area contributed by atoms with Gasteiger partial charge in [-0.2, -0.15) is 0 Å². The zero-order valence-electron chi connectivity index (χ0n) is 16.7. The maximum Gasteiger partial charge on any atom is 0.227 e. The molecule has 1 aliphatic heterocycles. The number of anilines is 1. The molecule has 142 valence electrons. The van der Waals surface area contributed by atoms with Gasteiger partial charge in [0, 0.05) is 42.1 Å². The molecule has 5 heteroatoms. The molecule has 28 heavy (non-hydrogen) atoms. The molecule has 5 nitrogen and oxygen atoms in total. The van der Waals surface area contributed by atoms with Gasteiger partial charge in [0.25, 0.3) is 0 Å². The van der Waals surface area contributed by atoms with Crippen LogP contribution in [-0.2, 0) is 12.6 Å². The fourth-order valence-corrected chi connectivity index (χ4v) is 4.15. The predicted molar refractivity (Wildman–Crippen MR) is 113 cm³/mol. The van der Waals surface area contributed by atoms with Gasteiger partial charge in [-0.15, -0.1) is 0 Å². The molecule has 0 unspecified atom stereocenters. The Hall–Kier alpha value is -3.21. The number of benzene rings is 1. The molecule has 0 spiro atoms. The monoisotopic (exact) mass is 372 g/mol. The lowest BCUT2D eigenvalue weighted by molar-refractivity contribution is 0.203. The van der Waals surface area contributed by atoms with Crippen molar-refractivity contribution < 1.29 is 4.42 Å². The number of nitrogens with zero attached hydrogens (tertiary/aromatic N) is 4. The van der Waals surface area contributed by atoms with Crippen LogP contribution in [-0.4, -0.2) is 21.1 Å². The third kappa shape index (κ3) is 2.43. The van der Waals surface area contributed by atoms with Gasteiger partial charge in [0.15, 0.2) is 0 Å². The van der Waals surface area contributed by atoms with Crippen molar-refractivity contribution in [2.75, 3.05) is 11.6 Å². The number of hydrogen-bond acceptors (Lipinski definition) is 4. The summed E-state index contributed by atoms with van der Waals surface area (Å²) in [7, 11) is 2.07. The van der Waals surface area contributed by atoms with Gasteiger partial charge in [-0.05, 0) is 56.7 Å². The summed E-state index contributed by atoms with van der Waals surface area (Å²) in [6.07, 6.45) is 6.40. The Kier molecular flexibility index (Phi) is 3.56. The molecule has 5 rings (SSSR count). The molecule has 0 saturated heterocycles. The van der Waals surface area contributed by atoms with Crippen molar-refractivity contribution in [2.24, 2.45) is 7.05 Å². The second-order valence-electron chi connectivity index (χ2n) is 8.00. The smallest absolute Gasteiger partial charge is 0.227 e. The molecule has 0 radical (unpaired) electrons. The van der Waals surface area contributed by atoms with Crippen LogP contribution in [0.4, 0.5) is 5.82 Å². The van der Waals surface area contributed by atoms with Gasteiger partial charge in [0.1, 0.15) is 11.4 Å². The van der Waals surface area contributed by atoms with Crippen LogP contribution in [0.2, 0.25) is 0 Å². The fourth-order valence-electron chi connectivity index (χ4n) is 4.15. The molecule has 0 bridgehead atoms. The van der Waals surface area contributed by atoms with Gasteiger partial charge in [-0.1, -0.05) is 12.1 Å². The Morgan fingerprint density at radius 2 is 1.89 bits per heavy atom. The van der Waals surface area contributed by atoms with Crippen molar-refractivity contribution in [3.63, 3.8) is 0 Å². The van der Waals surface area contributed by atoms with Crippen molar-refractivity contribution in [3.05, 3.63) is 72.3 Å². The number of rotatable bonds is 3. The van der Waals surface area contributed by atoms with Crippen molar-refractivity contribution in [1.82, 2.24) is 14.5 Å². The molecule has 3 aromatic heterocycles. The summed E-state index contributed by atoms with van der Waals surface area (Å²) in [5.41, 5.74) is 3.60. The van der Waals surface area contributed by atoms with Gasteiger partial charge in [-0.25, -0.2) is 4.98 Å². The van der Waals surface area contributed by atoms with Gasteiger partial charge < -0.3 is 18.8 Å². The summed E-state index contributed by atoms with van der Waals surface area (Å²) < 4.78 is 8.20. The van der Waals surface area contributed by atoms with E-state index in [1.165, 1.54) is 11.4 Å². The molecule has 0 atom stereocenters. The number of hydrogen-bond donors (Lipinski definition) is 0. The SMILES string of the molecule is Cc1ccc2c(n1)oc1cccc(C(C)(C)N3C=CN(c4cccn4C)C3)c12. The van der Waals surface area contributed by atoms with Gasteiger partial charge >= 0.3 is 0 Å². The Morgan fingerprint density at radius 1 is 1.04 bits per heavy atom. The number of aromatic nitrogens is 2. The van der Waals surface area contributed by atoms with E-state index in [4.69, 9.17) is 4.42 Å². The second-order valence-corrected chi connectivity index (χ2v) is 8.00. The van der Waals surface area contributed by atoms with Gasteiger partial charge in [-0.3, -0.25) is 0 Å². The summed E-state index contributed by atoms with van der Waals surface area (Å²) >= 11 is 0. The van der Waals surface area contributed by atoms with Crippen LogP contribution in [0, 0.1) is 6.92 Å². The summed E-state index contributed by atoms with van der Waals surface area (Å²) in [5, 5.41) is 2.23. The number of furan rings is 1. The minimum absolute atomic E-state index is 0.211. The quantitative estimate of drug-likeness (QED) is 0.501. The lowest BCUT2D eigenvalue weighted by Crippen LogP contribution is -2.40. The van der Waals surface area contributed by atoms with E-state index in [0.717, 1.165) is 28.7 Å². The summed E-state index contributed by atoms with van der Waals surface area (Å²) in [5.74, 6) is 1.18. The predicted octanol–water partition coefficient (Wildman–Crippen LogP) is 5.11. The third-order valence-corrected chi connectivity index (χ3v) is 5.82. The van der Waals surface area contributed by atoms with Crippen molar-refractivity contribution in [2.45, 2.75) is 26.3 Å².